The summed E-state index contributed by atoms with van der Waals surface area (Å²) in [6.45, 7) is 2.11. The van der Waals surface area contributed by atoms with Gasteiger partial charge in [-0.25, -0.2) is 4.39 Å². The lowest BCUT2D eigenvalue weighted by Gasteiger charge is -2.13. The quantitative estimate of drug-likeness (QED) is 0.823. The van der Waals surface area contributed by atoms with Crippen LogP contribution in [0.4, 0.5) is 4.39 Å². The third-order valence-electron chi connectivity index (χ3n) is 3.09. The van der Waals surface area contributed by atoms with Gasteiger partial charge < -0.3 is 15.2 Å². The Bertz CT molecular complexity index is 612. The maximum atomic E-state index is 12.7. The van der Waals surface area contributed by atoms with E-state index in [-0.39, 0.29) is 24.9 Å². The Morgan fingerprint density at radius 2 is 2.09 bits per heavy atom. The minimum Gasteiger partial charge on any atom is -0.491 e. The van der Waals surface area contributed by atoms with Gasteiger partial charge in [0.05, 0.1) is 4.88 Å². The molecule has 4 nitrogen and oxygen atoms in total. The van der Waals surface area contributed by atoms with Gasteiger partial charge >= 0.3 is 0 Å². The Labute approximate surface area is 132 Å². The van der Waals surface area contributed by atoms with Crippen LogP contribution >= 0.6 is 11.3 Å². The largest absolute Gasteiger partial charge is 0.491 e. The van der Waals surface area contributed by atoms with Crippen LogP contribution in [0.3, 0.4) is 0 Å². The first-order valence-corrected chi connectivity index (χ1v) is 7.89. The van der Waals surface area contributed by atoms with Gasteiger partial charge in [0.25, 0.3) is 5.91 Å². The van der Waals surface area contributed by atoms with Gasteiger partial charge in [-0.3, -0.25) is 4.79 Å². The zero-order chi connectivity index (χ0) is 15.9. The highest BCUT2D eigenvalue weighted by Gasteiger charge is 2.13. The molecule has 2 aromatic rings. The van der Waals surface area contributed by atoms with Gasteiger partial charge in [-0.1, -0.05) is 6.92 Å². The van der Waals surface area contributed by atoms with Crippen LogP contribution in [0.15, 0.2) is 35.7 Å². The molecule has 0 aliphatic rings. The Morgan fingerprint density at radius 1 is 1.36 bits per heavy atom. The zero-order valence-corrected chi connectivity index (χ0v) is 13.0. The topological polar surface area (TPSA) is 58.6 Å². The smallest absolute Gasteiger partial charge is 0.261 e. The van der Waals surface area contributed by atoms with Crippen LogP contribution in [0.1, 0.15) is 22.2 Å². The molecule has 0 radical (unpaired) electrons. The fourth-order valence-corrected chi connectivity index (χ4v) is 2.80. The Hall–Kier alpha value is -1.92. The van der Waals surface area contributed by atoms with E-state index >= 15 is 0 Å². The first-order chi connectivity index (χ1) is 10.6. The van der Waals surface area contributed by atoms with E-state index in [4.69, 9.17) is 4.74 Å². The van der Waals surface area contributed by atoms with Crippen molar-refractivity contribution >= 4 is 17.2 Å². The molecule has 1 aromatic heterocycles. The second-order valence-corrected chi connectivity index (χ2v) is 5.67. The van der Waals surface area contributed by atoms with Crippen LogP contribution in [-0.4, -0.2) is 30.3 Å². The molecule has 118 valence electrons. The normalized spacial score (nSPS) is 12.0. The number of carbonyl (C=O) groups is 1. The summed E-state index contributed by atoms with van der Waals surface area (Å²) in [4.78, 5) is 12.7. The predicted octanol–water partition coefficient (Wildman–Crippen LogP) is 2.62. The lowest BCUT2D eigenvalue weighted by molar-refractivity contribution is 0.0846. The fourth-order valence-electron chi connectivity index (χ4n) is 1.89. The van der Waals surface area contributed by atoms with Crippen molar-refractivity contribution in [2.75, 3.05) is 13.2 Å². The highest BCUT2D eigenvalue weighted by atomic mass is 32.1. The molecule has 1 heterocycles. The van der Waals surface area contributed by atoms with Crippen molar-refractivity contribution in [2.45, 2.75) is 19.4 Å². The summed E-state index contributed by atoms with van der Waals surface area (Å²) >= 11 is 1.39. The monoisotopic (exact) mass is 323 g/mol. The van der Waals surface area contributed by atoms with Crippen LogP contribution in [0.2, 0.25) is 0 Å². The summed E-state index contributed by atoms with van der Waals surface area (Å²) in [6, 6.07) is 7.46. The molecule has 0 spiro atoms. The molecule has 0 aliphatic carbocycles. The molecule has 0 bridgehead atoms. The van der Waals surface area contributed by atoms with Crippen LogP contribution in [-0.2, 0) is 6.42 Å². The number of halogens is 1. The van der Waals surface area contributed by atoms with E-state index in [2.05, 4.69) is 5.32 Å². The maximum absolute atomic E-state index is 12.7. The van der Waals surface area contributed by atoms with Crippen molar-refractivity contribution in [1.82, 2.24) is 5.32 Å². The number of hydrogen-bond donors (Lipinski definition) is 2. The average Bonchev–Trinajstić information content (AvgIpc) is 3.00. The summed E-state index contributed by atoms with van der Waals surface area (Å²) in [5.41, 5.74) is 1.000. The summed E-state index contributed by atoms with van der Waals surface area (Å²) in [5, 5.41) is 14.4. The van der Waals surface area contributed by atoms with Gasteiger partial charge in [0.15, 0.2) is 0 Å². The van der Waals surface area contributed by atoms with Crippen molar-refractivity contribution in [3.63, 3.8) is 0 Å². The fraction of sp³-hybridized carbons (Fsp3) is 0.312. The first-order valence-electron chi connectivity index (χ1n) is 7.01. The first kappa shape index (κ1) is 16.5. The van der Waals surface area contributed by atoms with Gasteiger partial charge in [-0.15, -0.1) is 11.3 Å². The molecule has 1 aromatic carbocycles. The number of ether oxygens (including phenoxy) is 1. The van der Waals surface area contributed by atoms with Crippen molar-refractivity contribution in [2.24, 2.45) is 0 Å². The summed E-state index contributed by atoms with van der Waals surface area (Å²) in [6.07, 6.45) is -0.0401. The summed E-state index contributed by atoms with van der Waals surface area (Å²) < 4.78 is 18.1. The molecule has 1 amide bonds. The Morgan fingerprint density at radius 3 is 2.77 bits per heavy atom. The average molecular weight is 323 g/mol. The number of aliphatic hydroxyl groups excluding tert-OH is 1. The number of aryl methyl sites for hydroxylation is 1. The Kier molecular flexibility index (Phi) is 5.91. The summed E-state index contributed by atoms with van der Waals surface area (Å²) in [5.74, 6) is -0.0613. The minimum absolute atomic E-state index is 0.0248. The number of amides is 1. The van der Waals surface area contributed by atoms with Crippen LogP contribution < -0.4 is 10.1 Å². The highest BCUT2D eigenvalue weighted by molar-refractivity contribution is 7.12. The maximum Gasteiger partial charge on any atom is 0.261 e. The van der Waals surface area contributed by atoms with E-state index in [1.54, 1.807) is 0 Å². The molecule has 22 heavy (non-hydrogen) atoms. The summed E-state index contributed by atoms with van der Waals surface area (Å²) in [7, 11) is 0. The molecule has 1 atom stereocenters. The van der Waals surface area contributed by atoms with E-state index in [1.165, 1.54) is 35.6 Å². The van der Waals surface area contributed by atoms with Crippen molar-refractivity contribution in [3.8, 4) is 5.75 Å². The van der Waals surface area contributed by atoms with Gasteiger partial charge in [-0.05, 0) is 47.7 Å². The molecule has 6 heteroatoms. The number of hydrogen-bond acceptors (Lipinski definition) is 4. The number of rotatable bonds is 7. The molecule has 2 rings (SSSR count). The molecular formula is C16H18FNO3S. The third-order valence-corrected chi connectivity index (χ3v) is 4.04. The SMILES string of the molecule is CCc1ccsc1C(=O)NCC(O)COc1ccc(F)cc1. The lowest BCUT2D eigenvalue weighted by atomic mass is 10.2. The van der Waals surface area contributed by atoms with Gasteiger partial charge in [0, 0.05) is 6.54 Å². The Balaban J connectivity index is 1.76. The molecule has 0 fully saturated rings. The molecular weight excluding hydrogens is 305 g/mol. The van der Waals surface area contributed by atoms with Crippen LogP contribution in [0, 0.1) is 5.82 Å². The van der Waals surface area contributed by atoms with E-state index in [9.17, 15) is 14.3 Å². The molecule has 2 N–H and O–H groups in total. The molecule has 1 unspecified atom stereocenters. The minimum atomic E-state index is -0.834. The molecule has 0 saturated carbocycles. The second-order valence-electron chi connectivity index (χ2n) is 4.76. The predicted molar refractivity (Wildman–Crippen MR) is 83.9 cm³/mol. The third kappa shape index (κ3) is 4.54. The van der Waals surface area contributed by atoms with E-state index in [0.29, 0.717) is 10.6 Å². The number of benzene rings is 1. The van der Waals surface area contributed by atoms with E-state index in [1.807, 2.05) is 18.4 Å². The molecule has 0 aliphatic heterocycles. The number of thiophene rings is 1. The zero-order valence-electron chi connectivity index (χ0n) is 12.2. The van der Waals surface area contributed by atoms with Crippen molar-refractivity contribution in [1.29, 1.82) is 0 Å². The van der Waals surface area contributed by atoms with E-state index in [0.717, 1.165) is 12.0 Å². The van der Waals surface area contributed by atoms with E-state index < -0.39 is 6.10 Å². The number of nitrogens with one attached hydrogen (secondary N) is 1. The standard InChI is InChI=1S/C16H18FNO3S/c1-2-11-7-8-22-15(11)16(20)18-9-13(19)10-21-14-5-3-12(17)4-6-14/h3-8,13,19H,2,9-10H2,1H3,(H,18,20). The van der Waals surface area contributed by atoms with Gasteiger partial charge in [0.1, 0.15) is 24.3 Å². The highest BCUT2D eigenvalue weighted by Crippen LogP contribution is 2.17. The van der Waals surface area contributed by atoms with Crippen LogP contribution in [0.5, 0.6) is 5.75 Å². The number of aliphatic hydroxyl groups is 1. The van der Waals surface area contributed by atoms with Gasteiger partial charge in [0.2, 0.25) is 0 Å². The number of carbonyl (C=O) groups excluding carboxylic acids is 1. The van der Waals surface area contributed by atoms with Crippen molar-refractivity contribution < 1.29 is 19.0 Å². The van der Waals surface area contributed by atoms with Gasteiger partial charge in [-0.2, -0.15) is 0 Å². The lowest BCUT2D eigenvalue weighted by Crippen LogP contribution is -2.35. The van der Waals surface area contributed by atoms with Crippen molar-refractivity contribution in [3.05, 3.63) is 52.0 Å². The molecule has 0 saturated heterocycles. The van der Waals surface area contributed by atoms with Crippen LogP contribution in [0.25, 0.3) is 0 Å². The second kappa shape index (κ2) is 7.91.